The third kappa shape index (κ3) is 2.13. The molecule has 100 valence electrons. The number of aryl methyl sites for hydroxylation is 1. The first-order valence-corrected chi connectivity index (χ1v) is 6.73. The fourth-order valence-corrected chi connectivity index (χ4v) is 2.56. The SMILES string of the molecule is Cc1ccnc(N2CCNCc3ccccc32)c1C#N. The van der Waals surface area contributed by atoms with Gasteiger partial charge in [-0.3, -0.25) is 0 Å². The highest BCUT2D eigenvalue weighted by molar-refractivity contribution is 5.70. The number of benzene rings is 1. The van der Waals surface area contributed by atoms with E-state index in [1.807, 2.05) is 25.1 Å². The number of hydrogen-bond donors (Lipinski definition) is 1. The molecular formula is C16H16N4. The zero-order chi connectivity index (χ0) is 13.9. The molecule has 4 nitrogen and oxygen atoms in total. The highest BCUT2D eigenvalue weighted by Gasteiger charge is 2.20. The van der Waals surface area contributed by atoms with Gasteiger partial charge in [0.15, 0.2) is 5.82 Å². The molecule has 1 aliphatic rings. The Labute approximate surface area is 118 Å². The van der Waals surface area contributed by atoms with Gasteiger partial charge in [-0.05, 0) is 30.2 Å². The molecule has 0 atom stereocenters. The van der Waals surface area contributed by atoms with Crippen LogP contribution in [0, 0.1) is 18.3 Å². The van der Waals surface area contributed by atoms with Crippen LogP contribution in [0.15, 0.2) is 36.5 Å². The van der Waals surface area contributed by atoms with E-state index in [0.29, 0.717) is 5.56 Å². The summed E-state index contributed by atoms with van der Waals surface area (Å²) in [5, 5.41) is 12.8. The lowest BCUT2D eigenvalue weighted by atomic mass is 10.1. The van der Waals surface area contributed by atoms with Crippen molar-refractivity contribution in [1.82, 2.24) is 10.3 Å². The molecule has 0 saturated heterocycles. The molecule has 20 heavy (non-hydrogen) atoms. The van der Waals surface area contributed by atoms with Crippen LogP contribution in [0.2, 0.25) is 0 Å². The molecule has 1 N–H and O–H groups in total. The summed E-state index contributed by atoms with van der Waals surface area (Å²) in [6, 6.07) is 12.4. The molecule has 0 radical (unpaired) electrons. The van der Waals surface area contributed by atoms with Crippen molar-refractivity contribution in [2.24, 2.45) is 0 Å². The molecule has 3 rings (SSSR count). The van der Waals surface area contributed by atoms with E-state index in [4.69, 9.17) is 0 Å². The van der Waals surface area contributed by atoms with E-state index in [1.54, 1.807) is 6.20 Å². The van der Waals surface area contributed by atoms with Gasteiger partial charge >= 0.3 is 0 Å². The quantitative estimate of drug-likeness (QED) is 0.860. The van der Waals surface area contributed by atoms with Gasteiger partial charge in [0.05, 0.1) is 5.56 Å². The largest absolute Gasteiger partial charge is 0.324 e. The van der Waals surface area contributed by atoms with Crippen LogP contribution in [0.5, 0.6) is 0 Å². The Morgan fingerprint density at radius 3 is 3.00 bits per heavy atom. The summed E-state index contributed by atoms with van der Waals surface area (Å²) in [6.45, 7) is 4.48. The fraction of sp³-hybridized carbons (Fsp3) is 0.250. The lowest BCUT2D eigenvalue weighted by Crippen LogP contribution is -2.26. The van der Waals surface area contributed by atoms with Crippen molar-refractivity contribution in [2.75, 3.05) is 18.0 Å². The van der Waals surface area contributed by atoms with E-state index in [-0.39, 0.29) is 0 Å². The molecule has 0 amide bonds. The van der Waals surface area contributed by atoms with Crippen LogP contribution in [0.1, 0.15) is 16.7 Å². The lowest BCUT2D eigenvalue weighted by Gasteiger charge is -2.24. The maximum Gasteiger partial charge on any atom is 0.151 e. The molecule has 4 heteroatoms. The maximum atomic E-state index is 9.42. The van der Waals surface area contributed by atoms with Crippen LogP contribution >= 0.6 is 0 Å². The first-order valence-electron chi connectivity index (χ1n) is 6.73. The molecule has 1 aliphatic heterocycles. The zero-order valence-electron chi connectivity index (χ0n) is 11.4. The lowest BCUT2D eigenvalue weighted by molar-refractivity contribution is 0.711. The topological polar surface area (TPSA) is 52.0 Å². The van der Waals surface area contributed by atoms with Gasteiger partial charge in [0, 0.05) is 31.5 Å². The molecular weight excluding hydrogens is 248 g/mol. The van der Waals surface area contributed by atoms with Gasteiger partial charge in [-0.2, -0.15) is 5.26 Å². The summed E-state index contributed by atoms with van der Waals surface area (Å²) < 4.78 is 0. The zero-order valence-corrected chi connectivity index (χ0v) is 11.4. The highest BCUT2D eigenvalue weighted by atomic mass is 15.2. The van der Waals surface area contributed by atoms with Gasteiger partial charge in [0.25, 0.3) is 0 Å². The van der Waals surface area contributed by atoms with Crippen molar-refractivity contribution in [2.45, 2.75) is 13.5 Å². The number of nitrogens with one attached hydrogen (secondary N) is 1. The van der Waals surface area contributed by atoms with Gasteiger partial charge in [-0.15, -0.1) is 0 Å². The average molecular weight is 264 g/mol. The Kier molecular flexibility index (Phi) is 3.36. The monoisotopic (exact) mass is 264 g/mol. The summed E-state index contributed by atoms with van der Waals surface area (Å²) in [4.78, 5) is 6.59. The number of para-hydroxylation sites is 1. The van der Waals surface area contributed by atoms with Crippen molar-refractivity contribution in [3.8, 4) is 6.07 Å². The fourth-order valence-electron chi connectivity index (χ4n) is 2.56. The molecule has 0 aliphatic carbocycles. The molecule has 1 aromatic heterocycles. The van der Waals surface area contributed by atoms with Crippen molar-refractivity contribution >= 4 is 11.5 Å². The normalized spacial score (nSPS) is 14.3. The van der Waals surface area contributed by atoms with E-state index in [2.05, 4.69) is 33.4 Å². The van der Waals surface area contributed by atoms with Crippen molar-refractivity contribution in [3.63, 3.8) is 0 Å². The molecule has 0 saturated carbocycles. The second-order valence-corrected chi connectivity index (χ2v) is 4.90. The van der Waals surface area contributed by atoms with Crippen LogP contribution in [0.3, 0.4) is 0 Å². The predicted molar refractivity (Wildman–Crippen MR) is 78.8 cm³/mol. The number of nitrogens with zero attached hydrogens (tertiary/aromatic N) is 3. The van der Waals surface area contributed by atoms with E-state index < -0.39 is 0 Å². The van der Waals surface area contributed by atoms with E-state index in [0.717, 1.165) is 36.7 Å². The minimum atomic E-state index is 0.657. The number of aromatic nitrogens is 1. The molecule has 2 heterocycles. The van der Waals surface area contributed by atoms with Crippen LogP contribution < -0.4 is 10.2 Å². The minimum absolute atomic E-state index is 0.657. The number of nitriles is 1. The number of pyridine rings is 1. The third-order valence-corrected chi connectivity index (χ3v) is 3.62. The van der Waals surface area contributed by atoms with Gasteiger partial charge in [-0.1, -0.05) is 18.2 Å². The Balaban J connectivity index is 2.16. The van der Waals surface area contributed by atoms with E-state index in [1.165, 1.54) is 5.56 Å². The Morgan fingerprint density at radius 2 is 2.15 bits per heavy atom. The summed E-state index contributed by atoms with van der Waals surface area (Å²) >= 11 is 0. The summed E-state index contributed by atoms with van der Waals surface area (Å²) in [5.41, 5.74) is 3.99. The Bertz CT molecular complexity index is 672. The van der Waals surface area contributed by atoms with Gasteiger partial charge in [0.1, 0.15) is 6.07 Å². The molecule has 0 fully saturated rings. The van der Waals surface area contributed by atoms with Crippen LogP contribution in [0.25, 0.3) is 0 Å². The Hall–Kier alpha value is -2.38. The first kappa shape index (κ1) is 12.6. The molecule has 0 spiro atoms. The van der Waals surface area contributed by atoms with E-state index in [9.17, 15) is 5.26 Å². The summed E-state index contributed by atoms with van der Waals surface area (Å²) in [6.07, 6.45) is 1.77. The smallest absolute Gasteiger partial charge is 0.151 e. The summed E-state index contributed by atoms with van der Waals surface area (Å²) in [7, 11) is 0. The number of anilines is 2. The molecule has 0 bridgehead atoms. The maximum absolute atomic E-state index is 9.42. The van der Waals surface area contributed by atoms with Gasteiger partial charge in [-0.25, -0.2) is 4.98 Å². The van der Waals surface area contributed by atoms with Crippen LogP contribution in [0.4, 0.5) is 11.5 Å². The predicted octanol–water partition coefficient (Wildman–Crippen LogP) is 2.50. The number of rotatable bonds is 1. The number of hydrogen-bond acceptors (Lipinski definition) is 4. The average Bonchev–Trinajstić information content (AvgIpc) is 2.69. The Morgan fingerprint density at radius 1 is 1.30 bits per heavy atom. The molecule has 1 aromatic carbocycles. The van der Waals surface area contributed by atoms with Crippen LogP contribution in [-0.4, -0.2) is 18.1 Å². The molecule has 2 aromatic rings. The second-order valence-electron chi connectivity index (χ2n) is 4.90. The van der Waals surface area contributed by atoms with Crippen LogP contribution in [-0.2, 0) is 6.54 Å². The second kappa shape index (κ2) is 5.32. The third-order valence-electron chi connectivity index (χ3n) is 3.62. The van der Waals surface area contributed by atoms with Gasteiger partial charge < -0.3 is 10.2 Å². The summed E-state index contributed by atoms with van der Waals surface area (Å²) in [5.74, 6) is 0.753. The minimum Gasteiger partial charge on any atom is -0.324 e. The first-order chi connectivity index (χ1) is 9.81. The highest BCUT2D eigenvalue weighted by Crippen LogP contribution is 2.31. The van der Waals surface area contributed by atoms with Crippen molar-refractivity contribution in [3.05, 3.63) is 53.2 Å². The van der Waals surface area contributed by atoms with Crippen molar-refractivity contribution < 1.29 is 0 Å². The van der Waals surface area contributed by atoms with Gasteiger partial charge in [0.2, 0.25) is 0 Å². The number of fused-ring (bicyclic) bond motifs is 1. The standard InChI is InChI=1S/C16H16N4/c1-12-6-7-19-16(14(12)10-17)20-9-8-18-11-13-4-2-3-5-15(13)20/h2-7,18H,8-9,11H2,1H3. The van der Waals surface area contributed by atoms with E-state index >= 15 is 0 Å². The molecule has 0 unspecified atom stereocenters. The van der Waals surface area contributed by atoms with Crippen molar-refractivity contribution in [1.29, 1.82) is 5.26 Å².